The van der Waals surface area contributed by atoms with E-state index in [2.05, 4.69) is 15.4 Å². The smallest absolute Gasteiger partial charge is 0.293 e. The van der Waals surface area contributed by atoms with E-state index in [4.69, 9.17) is 9.15 Å². The number of aromatic nitrogens is 3. The molecule has 0 atom stereocenters. The van der Waals surface area contributed by atoms with Crippen LogP contribution in [0.15, 0.2) is 71.4 Å². The van der Waals surface area contributed by atoms with Crippen LogP contribution in [0.2, 0.25) is 0 Å². The van der Waals surface area contributed by atoms with Crippen LogP contribution in [0.3, 0.4) is 0 Å². The third-order valence-corrected chi connectivity index (χ3v) is 4.33. The first kappa shape index (κ1) is 20.7. The molecule has 2 aromatic heterocycles. The fourth-order valence-corrected chi connectivity index (χ4v) is 2.76. The maximum Gasteiger partial charge on any atom is 0.293 e. The number of benzene rings is 2. The third kappa shape index (κ3) is 5.14. The molecule has 1 amide bonds. The molecule has 11 heteroatoms. The zero-order valence-corrected chi connectivity index (χ0v) is 16.5. The third-order valence-electron chi connectivity index (χ3n) is 4.33. The maximum atomic E-state index is 13.0. The van der Waals surface area contributed by atoms with E-state index in [0.29, 0.717) is 18.1 Å². The van der Waals surface area contributed by atoms with Crippen LogP contribution in [0.4, 0.5) is 16.0 Å². The molecule has 0 aliphatic carbocycles. The molecule has 0 spiro atoms. The molecule has 0 radical (unpaired) electrons. The van der Waals surface area contributed by atoms with Crippen molar-refractivity contribution >= 4 is 17.5 Å². The highest BCUT2D eigenvalue weighted by Crippen LogP contribution is 2.19. The zero-order chi connectivity index (χ0) is 22.5. The molecule has 0 saturated carbocycles. The van der Waals surface area contributed by atoms with Crippen molar-refractivity contribution in [3.05, 3.63) is 100 Å². The van der Waals surface area contributed by atoms with E-state index in [1.165, 1.54) is 53.5 Å². The maximum absolute atomic E-state index is 13.0. The Morgan fingerprint density at radius 3 is 2.59 bits per heavy atom. The van der Waals surface area contributed by atoms with Gasteiger partial charge in [-0.05, 0) is 42.0 Å². The first-order valence-electron chi connectivity index (χ1n) is 9.37. The molecule has 4 rings (SSSR count). The van der Waals surface area contributed by atoms with E-state index in [-0.39, 0.29) is 29.8 Å². The van der Waals surface area contributed by atoms with E-state index in [1.807, 2.05) is 0 Å². The van der Waals surface area contributed by atoms with Crippen molar-refractivity contribution in [3.8, 4) is 5.75 Å². The van der Waals surface area contributed by atoms with Gasteiger partial charge in [0.05, 0.1) is 11.5 Å². The summed E-state index contributed by atoms with van der Waals surface area (Å²) in [6, 6.07) is 14.7. The summed E-state index contributed by atoms with van der Waals surface area (Å²) in [5, 5.41) is 17.4. The Morgan fingerprint density at radius 2 is 1.88 bits per heavy atom. The van der Waals surface area contributed by atoms with Crippen LogP contribution in [0.25, 0.3) is 0 Å². The van der Waals surface area contributed by atoms with Crippen LogP contribution in [0, 0.1) is 15.9 Å². The van der Waals surface area contributed by atoms with Gasteiger partial charge in [-0.25, -0.2) is 14.1 Å². The van der Waals surface area contributed by atoms with Gasteiger partial charge in [-0.3, -0.25) is 20.2 Å². The lowest BCUT2D eigenvalue weighted by atomic mass is 10.2. The Morgan fingerprint density at radius 1 is 1.12 bits per heavy atom. The second-order valence-corrected chi connectivity index (χ2v) is 6.65. The highest BCUT2D eigenvalue weighted by Gasteiger charge is 2.14. The fourth-order valence-electron chi connectivity index (χ4n) is 2.76. The van der Waals surface area contributed by atoms with Gasteiger partial charge < -0.3 is 9.15 Å². The molecule has 2 heterocycles. The summed E-state index contributed by atoms with van der Waals surface area (Å²) in [7, 11) is 0. The number of carbonyl (C=O) groups excluding carboxylic acids is 1. The second kappa shape index (κ2) is 9.08. The average molecular weight is 437 g/mol. The lowest BCUT2D eigenvalue weighted by Crippen LogP contribution is -2.12. The Labute approximate surface area is 180 Å². The Kier molecular flexibility index (Phi) is 5.88. The van der Waals surface area contributed by atoms with Crippen molar-refractivity contribution in [2.24, 2.45) is 0 Å². The molecule has 2 aromatic carbocycles. The Balaban J connectivity index is 1.31. The van der Waals surface area contributed by atoms with Crippen LogP contribution < -0.4 is 10.1 Å². The lowest BCUT2D eigenvalue weighted by Gasteiger charge is -2.03. The highest BCUT2D eigenvalue weighted by molar-refractivity contribution is 6.01. The molecule has 0 aliphatic rings. The first-order valence-corrected chi connectivity index (χ1v) is 9.37. The topological polar surface area (TPSA) is 125 Å². The van der Waals surface area contributed by atoms with Crippen molar-refractivity contribution in [2.75, 3.05) is 5.32 Å². The molecule has 10 nitrogen and oxygen atoms in total. The predicted octanol–water partition coefficient (Wildman–Crippen LogP) is 3.80. The van der Waals surface area contributed by atoms with Crippen LogP contribution in [-0.2, 0) is 13.2 Å². The summed E-state index contributed by atoms with van der Waals surface area (Å²) in [6.45, 7) is 0.406. The molecule has 1 N–H and O–H groups in total. The van der Waals surface area contributed by atoms with Crippen molar-refractivity contribution in [1.82, 2.24) is 14.8 Å². The number of halogens is 1. The number of anilines is 1. The van der Waals surface area contributed by atoms with Gasteiger partial charge in [0, 0.05) is 12.1 Å². The van der Waals surface area contributed by atoms with Crippen molar-refractivity contribution in [1.29, 1.82) is 0 Å². The minimum absolute atomic E-state index is 0.0373. The fraction of sp³-hybridized carbons (Fsp3) is 0.0952. The molecule has 0 saturated heterocycles. The van der Waals surface area contributed by atoms with Crippen molar-refractivity contribution < 1.29 is 23.3 Å². The molecular formula is C21H16FN5O5. The summed E-state index contributed by atoms with van der Waals surface area (Å²) in [4.78, 5) is 26.6. The SMILES string of the molecule is O=C(Nc1ncn(Cc2ccc(F)cc2)n1)c1ccc(COc2ccc([N+](=O)[O-])cc2)o1. The van der Waals surface area contributed by atoms with Gasteiger partial charge in [-0.15, -0.1) is 5.10 Å². The summed E-state index contributed by atoms with van der Waals surface area (Å²) < 4.78 is 25.5. The standard InChI is InChI=1S/C21H16FN5O5/c22-15-3-1-14(2-4-15)11-26-13-23-21(25-26)24-20(28)19-10-9-18(32-19)12-31-17-7-5-16(6-8-17)27(29)30/h1-10,13H,11-12H2,(H,24,25,28). The average Bonchev–Trinajstić information content (AvgIpc) is 3.44. The molecule has 4 aromatic rings. The number of nitrogens with one attached hydrogen (secondary N) is 1. The van der Waals surface area contributed by atoms with E-state index in [9.17, 15) is 19.3 Å². The second-order valence-electron chi connectivity index (χ2n) is 6.65. The van der Waals surface area contributed by atoms with Crippen LogP contribution in [0.5, 0.6) is 5.75 Å². The predicted molar refractivity (Wildman–Crippen MR) is 110 cm³/mol. The summed E-state index contributed by atoms with van der Waals surface area (Å²) in [5.74, 6) is 0.0962. The van der Waals surface area contributed by atoms with Gasteiger partial charge >= 0.3 is 0 Å². The van der Waals surface area contributed by atoms with Gasteiger partial charge in [0.1, 0.15) is 30.3 Å². The monoisotopic (exact) mass is 437 g/mol. The van der Waals surface area contributed by atoms with E-state index in [0.717, 1.165) is 5.56 Å². The number of ether oxygens (including phenoxy) is 1. The quantitative estimate of drug-likeness (QED) is 0.328. The number of rotatable bonds is 8. The van der Waals surface area contributed by atoms with Crippen LogP contribution in [-0.4, -0.2) is 25.6 Å². The summed E-state index contributed by atoms with van der Waals surface area (Å²) >= 11 is 0. The Bertz CT molecular complexity index is 1230. The van der Waals surface area contributed by atoms with E-state index in [1.54, 1.807) is 18.2 Å². The van der Waals surface area contributed by atoms with Gasteiger partial charge in [-0.2, -0.15) is 0 Å². The number of amides is 1. The molecule has 0 fully saturated rings. The minimum Gasteiger partial charge on any atom is -0.486 e. The molecule has 0 aliphatic heterocycles. The summed E-state index contributed by atoms with van der Waals surface area (Å²) in [6.07, 6.45) is 1.45. The molecule has 0 unspecified atom stereocenters. The molecule has 162 valence electrons. The molecular weight excluding hydrogens is 421 g/mol. The number of nitro benzene ring substituents is 1. The van der Waals surface area contributed by atoms with Crippen LogP contribution >= 0.6 is 0 Å². The van der Waals surface area contributed by atoms with Gasteiger partial charge in [0.15, 0.2) is 5.76 Å². The number of hydrogen-bond donors (Lipinski definition) is 1. The Hall–Kier alpha value is -4.54. The number of nitro groups is 1. The van der Waals surface area contributed by atoms with E-state index < -0.39 is 10.8 Å². The number of hydrogen-bond acceptors (Lipinski definition) is 7. The van der Waals surface area contributed by atoms with Crippen LogP contribution in [0.1, 0.15) is 21.9 Å². The first-order chi connectivity index (χ1) is 15.5. The zero-order valence-electron chi connectivity index (χ0n) is 16.5. The lowest BCUT2D eigenvalue weighted by molar-refractivity contribution is -0.384. The molecule has 32 heavy (non-hydrogen) atoms. The van der Waals surface area contributed by atoms with Gasteiger partial charge in [-0.1, -0.05) is 12.1 Å². The normalized spacial score (nSPS) is 10.7. The number of furan rings is 1. The van der Waals surface area contributed by atoms with Gasteiger partial charge in [0.2, 0.25) is 5.95 Å². The number of nitrogens with zero attached hydrogens (tertiary/aromatic N) is 4. The van der Waals surface area contributed by atoms with Gasteiger partial charge in [0.25, 0.3) is 11.6 Å². The largest absolute Gasteiger partial charge is 0.486 e. The minimum atomic E-state index is -0.536. The number of non-ortho nitro benzene ring substituents is 1. The summed E-state index contributed by atoms with van der Waals surface area (Å²) in [5.41, 5.74) is 0.792. The molecule has 0 bridgehead atoms. The van der Waals surface area contributed by atoms with Crippen molar-refractivity contribution in [3.63, 3.8) is 0 Å². The van der Waals surface area contributed by atoms with E-state index >= 15 is 0 Å². The number of carbonyl (C=O) groups is 1. The highest BCUT2D eigenvalue weighted by atomic mass is 19.1. The van der Waals surface area contributed by atoms with Crippen molar-refractivity contribution in [2.45, 2.75) is 13.2 Å².